The Morgan fingerprint density at radius 3 is 2.19 bits per heavy atom. The van der Waals surface area contributed by atoms with Gasteiger partial charge in [0, 0.05) is 49.1 Å². The topological polar surface area (TPSA) is 36.2 Å². The Kier molecular flexibility index (Phi) is 3.65. The van der Waals surface area contributed by atoms with E-state index in [4.69, 9.17) is 4.74 Å². The van der Waals surface area contributed by atoms with E-state index in [0.717, 1.165) is 38.6 Å². The van der Waals surface area contributed by atoms with Crippen LogP contribution >= 0.6 is 0 Å². The molecule has 0 fully saturated rings. The van der Waals surface area contributed by atoms with E-state index < -0.39 is 0 Å². The molecule has 0 bridgehead atoms. The number of aromatic nitrogens is 2. The van der Waals surface area contributed by atoms with Gasteiger partial charge in [-0.15, -0.1) is 0 Å². The monoisotopic (exact) mass is 346 g/mol. The average molecular weight is 346 g/mol. The van der Waals surface area contributed by atoms with Crippen molar-refractivity contribution in [3.63, 3.8) is 0 Å². The van der Waals surface area contributed by atoms with Gasteiger partial charge in [0.05, 0.1) is 11.2 Å². The zero-order chi connectivity index (χ0) is 18.6. The molecule has 0 N–H and O–H groups in total. The second-order valence-corrected chi connectivity index (χ2v) is 7.03. The van der Waals surface area contributed by atoms with Crippen molar-refractivity contribution in [2.75, 3.05) is 0 Å². The van der Waals surface area contributed by atoms with E-state index in [-0.39, 0.29) is 5.97 Å². The highest BCUT2D eigenvalue weighted by Gasteiger charge is 2.22. The lowest BCUT2D eigenvalue weighted by atomic mass is 10.1. The van der Waals surface area contributed by atoms with Gasteiger partial charge in [-0.3, -0.25) is 4.79 Å². The van der Waals surface area contributed by atoms with E-state index in [1.165, 1.54) is 12.5 Å². The fourth-order valence-corrected chi connectivity index (χ4v) is 3.77. The molecule has 0 radical (unpaired) electrons. The van der Waals surface area contributed by atoms with Gasteiger partial charge in [-0.25, -0.2) is 0 Å². The number of hydrogen-bond acceptors (Lipinski definition) is 2. The van der Waals surface area contributed by atoms with Gasteiger partial charge in [-0.2, -0.15) is 0 Å². The van der Waals surface area contributed by atoms with Crippen molar-refractivity contribution in [3.05, 3.63) is 53.7 Å². The molecule has 0 aliphatic heterocycles. The maximum atomic E-state index is 11.8. The smallest absolute Gasteiger partial charge is 0.308 e. The Bertz CT molecular complexity index is 1180. The van der Waals surface area contributed by atoms with Crippen LogP contribution in [0.15, 0.2) is 42.6 Å². The normalized spacial score (nSPS) is 11.4. The van der Waals surface area contributed by atoms with Gasteiger partial charge in [0.1, 0.15) is 0 Å². The second kappa shape index (κ2) is 5.77. The molecule has 0 saturated heterocycles. The summed E-state index contributed by atoms with van der Waals surface area (Å²) in [5.41, 5.74) is 6.54. The van der Waals surface area contributed by atoms with Crippen LogP contribution in [0.4, 0.5) is 0 Å². The fraction of sp³-hybridized carbons (Fsp3) is 0.227. The SMILES string of the molecule is CC(=O)Oc1c(-c2cn(C)c3ccc(C)cc23)n(C)c2ccc(C)cc12. The van der Waals surface area contributed by atoms with E-state index in [2.05, 4.69) is 58.7 Å². The van der Waals surface area contributed by atoms with Crippen LogP contribution < -0.4 is 4.74 Å². The molecule has 0 atom stereocenters. The summed E-state index contributed by atoms with van der Waals surface area (Å²) in [5, 5.41) is 2.12. The molecule has 4 heteroatoms. The van der Waals surface area contributed by atoms with Gasteiger partial charge in [-0.1, -0.05) is 23.3 Å². The predicted octanol–water partition coefficient (Wildman–Crippen LogP) is 4.88. The molecule has 0 unspecified atom stereocenters. The molecule has 0 spiro atoms. The van der Waals surface area contributed by atoms with Crippen LogP contribution in [0.1, 0.15) is 18.1 Å². The molecule has 0 aliphatic rings. The predicted molar refractivity (Wildman–Crippen MR) is 106 cm³/mol. The highest BCUT2D eigenvalue weighted by atomic mass is 16.5. The minimum Gasteiger partial charge on any atom is -0.424 e. The third kappa shape index (κ3) is 2.41. The molecule has 0 saturated carbocycles. The Labute approximate surface area is 152 Å². The summed E-state index contributed by atoms with van der Waals surface area (Å²) in [6, 6.07) is 12.7. The summed E-state index contributed by atoms with van der Waals surface area (Å²) in [6.45, 7) is 5.59. The quantitative estimate of drug-likeness (QED) is 0.485. The number of hydrogen-bond donors (Lipinski definition) is 0. The van der Waals surface area contributed by atoms with Crippen molar-refractivity contribution in [2.45, 2.75) is 20.8 Å². The van der Waals surface area contributed by atoms with Crippen LogP contribution in [0, 0.1) is 13.8 Å². The van der Waals surface area contributed by atoms with Crippen LogP contribution in [0.25, 0.3) is 33.1 Å². The van der Waals surface area contributed by atoms with Gasteiger partial charge in [0.15, 0.2) is 5.75 Å². The summed E-state index contributed by atoms with van der Waals surface area (Å²) in [7, 11) is 4.06. The minimum atomic E-state index is -0.309. The summed E-state index contributed by atoms with van der Waals surface area (Å²) in [6.07, 6.45) is 2.11. The molecular formula is C22H22N2O2. The van der Waals surface area contributed by atoms with Gasteiger partial charge >= 0.3 is 5.97 Å². The molecule has 2 aromatic heterocycles. The molecule has 4 nitrogen and oxygen atoms in total. The fourth-order valence-electron chi connectivity index (χ4n) is 3.77. The number of carbonyl (C=O) groups is 1. The number of fused-ring (bicyclic) bond motifs is 2. The largest absolute Gasteiger partial charge is 0.424 e. The lowest BCUT2D eigenvalue weighted by molar-refractivity contribution is -0.131. The van der Waals surface area contributed by atoms with Gasteiger partial charge in [0.2, 0.25) is 0 Å². The third-order valence-electron chi connectivity index (χ3n) is 4.95. The molecule has 26 heavy (non-hydrogen) atoms. The average Bonchev–Trinajstić information content (AvgIpc) is 3.02. The molecule has 0 amide bonds. The number of ether oxygens (including phenoxy) is 1. The summed E-state index contributed by atoms with van der Waals surface area (Å²) in [5.74, 6) is 0.323. The van der Waals surface area contributed by atoms with Gasteiger partial charge < -0.3 is 13.9 Å². The van der Waals surface area contributed by atoms with Gasteiger partial charge in [0.25, 0.3) is 0 Å². The van der Waals surface area contributed by atoms with Crippen LogP contribution in [0.3, 0.4) is 0 Å². The lowest BCUT2D eigenvalue weighted by Gasteiger charge is -2.07. The van der Waals surface area contributed by atoms with Crippen molar-refractivity contribution >= 4 is 27.8 Å². The Hall–Kier alpha value is -3.01. The second-order valence-electron chi connectivity index (χ2n) is 7.03. The number of carbonyl (C=O) groups excluding carboxylic acids is 1. The first-order valence-corrected chi connectivity index (χ1v) is 8.70. The number of esters is 1. The molecular weight excluding hydrogens is 324 g/mol. The van der Waals surface area contributed by atoms with Gasteiger partial charge in [-0.05, 0) is 38.1 Å². The van der Waals surface area contributed by atoms with Crippen LogP contribution in [-0.2, 0) is 18.9 Å². The standard InChI is InChI=1S/C22H22N2O2/c1-13-6-8-19-16(10-13)18(12-23(19)4)21-22(26-15(3)25)17-11-14(2)7-9-20(17)24(21)5/h6-12H,1-5H3. The first-order chi connectivity index (χ1) is 12.4. The van der Waals surface area contributed by atoms with Crippen LogP contribution in [0.2, 0.25) is 0 Å². The van der Waals surface area contributed by atoms with Crippen molar-refractivity contribution < 1.29 is 9.53 Å². The maximum Gasteiger partial charge on any atom is 0.308 e. The highest BCUT2D eigenvalue weighted by Crippen LogP contribution is 2.43. The van der Waals surface area contributed by atoms with Crippen LogP contribution in [0.5, 0.6) is 5.75 Å². The summed E-state index contributed by atoms with van der Waals surface area (Å²) in [4.78, 5) is 11.8. The molecule has 2 aromatic carbocycles. The lowest BCUT2D eigenvalue weighted by Crippen LogP contribution is -2.02. The molecule has 2 heterocycles. The Morgan fingerprint density at radius 1 is 0.923 bits per heavy atom. The summed E-state index contributed by atoms with van der Waals surface area (Å²) < 4.78 is 9.94. The van der Waals surface area contributed by atoms with Crippen molar-refractivity contribution in [1.29, 1.82) is 0 Å². The third-order valence-corrected chi connectivity index (χ3v) is 4.95. The Balaban J connectivity index is 2.13. The highest BCUT2D eigenvalue weighted by molar-refractivity contribution is 6.04. The van der Waals surface area contributed by atoms with Crippen molar-refractivity contribution in [2.24, 2.45) is 14.1 Å². The number of rotatable bonds is 2. The molecule has 4 aromatic rings. The van der Waals surface area contributed by atoms with Crippen LogP contribution in [-0.4, -0.2) is 15.1 Å². The van der Waals surface area contributed by atoms with Crippen molar-refractivity contribution in [1.82, 2.24) is 9.13 Å². The number of aryl methyl sites for hydroxylation is 4. The summed E-state index contributed by atoms with van der Waals surface area (Å²) >= 11 is 0. The van der Waals surface area contributed by atoms with E-state index in [1.807, 2.05) is 21.0 Å². The van der Waals surface area contributed by atoms with E-state index in [1.54, 1.807) is 0 Å². The molecule has 0 aliphatic carbocycles. The first kappa shape index (κ1) is 16.5. The van der Waals surface area contributed by atoms with E-state index in [9.17, 15) is 4.79 Å². The first-order valence-electron chi connectivity index (χ1n) is 8.70. The molecule has 132 valence electrons. The number of benzene rings is 2. The van der Waals surface area contributed by atoms with E-state index in [0.29, 0.717) is 5.75 Å². The zero-order valence-corrected chi connectivity index (χ0v) is 15.8. The molecule has 4 rings (SSSR count). The number of nitrogens with zero attached hydrogens (tertiary/aromatic N) is 2. The maximum absolute atomic E-state index is 11.8. The zero-order valence-electron chi connectivity index (χ0n) is 15.8. The van der Waals surface area contributed by atoms with Crippen molar-refractivity contribution in [3.8, 4) is 17.0 Å². The van der Waals surface area contributed by atoms with E-state index >= 15 is 0 Å². The Morgan fingerprint density at radius 2 is 1.54 bits per heavy atom. The minimum absolute atomic E-state index is 0.309.